The van der Waals surface area contributed by atoms with Gasteiger partial charge in [-0.05, 0) is 23.3 Å². The third-order valence-corrected chi connectivity index (χ3v) is 5.74. The summed E-state index contributed by atoms with van der Waals surface area (Å²) < 4.78 is 11.2. The molecule has 0 N–H and O–H groups in total. The zero-order chi connectivity index (χ0) is 20.0. The minimum absolute atomic E-state index is 0.260. The van der Waals surface area contributed by atoms with Crippen molar-refractivity contribution in [2.24, 2.45) is 5.41 Å². The molecule has 1 aliphatic heterocycles. The van der Waals surface area contributed by atoms with E-state index >= 15 is 0 Å². The van der Waals surface area contributed by atoms with E-state index < -0.39 is 17.3 Å². The molecule has 0 fully saturated rings. The summed E-state index contributed by atoms with van der Waals surface area (Å²) in [5.74, 6) is -0.227. The molecular weight excluding hydrogens is 364 g/mol. The van der Waals surface area contributed by atoms with Crippen LogP contribution >= 0.6 is 0 Å². The van der Waals surface area contributed by atoms with Crippen LogP contribution in [0.15, 0.2) is 84.9 Å². The summed E-state index contributed by atoms with van der Waals surface area (Å²) in [6, 6.07) is 24.0. The number of ketones is 1. The van der Waals surface area contributed by atoms with Gasteiger partial charge in [0.2, 0.25) is 0 Å². The van der Waals surface area contributed by atoms with Crippen molar-refractivity contribution in [3.63, 3.8) is 0 Å². The monoisotopic (exact) mass is 382 g/mol. The molecule has 5 rings (SSSR count). The number of hydrogen-bond donors (Lipinski definition) is 0. The van der Waals surface area contributed by atoms with Crippen molar-refractivity contribution in [1.82, 2.24) is 0 Å². The van der Waals surface area contributed by atoms with Crippen LogP contribution in [0.5, 0.6) is 11.5 Å². The number of rotatable bonds is 4. The zero-order valence-corrected chi connectivity index (χ0v) is 15.8. The van der Waals surface area contributed by atoms with E-state index in [0.717, 1.165) is 16.7 Å². The second-order valence-electron chi connectivity index (χ2n) is 7.22. The van der Waals surface area contributed by atoms with Gasteiger partial charge in [0, 0.05) is 17.0 Å². The molecule has 0 aromatic heterocycles. The first kappa shape index (κ1) is 17.4. The molecule has 3 aromatic carbocycles. The molecule has 0 bridgehead atoms. The van der Waals surface area contributed by atoms with E-state index in [1.54, 1.807) is 49.6 Å². The molecule has 2 atom stereocenters. The van der Waals surface area contributed by atoms with Crippen molar-refractivity contribution in [3.8, 4) is 11.5 Å². The molecule has 0 unspecified atom stereocenters. The molecule has 0 amide bonds. The molecule has 0 saturated carbocycles. The third-order valence-electron chi connectivity index (χ3n) is 5.74. The molecule has 1 aliphatic carbocycles. The largest absolute Gasteiger partial charge is 0.496 e. The van der Waals surface area contributed by atoms with Gasteiger partial charge >= 0.3 is 5.97 Å². The van der Waals surface area contributed by atoms with Gasteiger partial charge in [-0.1, -0.05) is 72.8 Å². The Balaban J connectivity index is 1.76. The van der Waals surface area contributed by atoms with E-state index in [1.165, 1.54) is 0 Å². The lowest BCUT2D eigenvalue weighted by Gasteiger charge is -2.48. The van der Waals surface area contributed by atoms with E-state index in [2.05, 4.69) is 0 Å². The van der Waals surface area contributed by atoms with Crippen LogP contribution in [0.4, 0.5) is 0 Å². The minimum atomic E-state index is -1.39. The number of Topliss-reactive ketones (excluding diaryl/α,β-unsaturated/α-hetero) is 1. The van der Waals surface area contributed by atoms with Gasteiger partial charge in [0.05, 0.1) is 7.11 Å². The number of ether oxygens (including phenoxy) is 2. The number of methoxy groups -OCH3 is 1. The van der Waals surface area contributed by atoms with Gasteiger partial charge in [0.1, 0.15) is 11.5 Å². The molecule has 0 spiro atoms. The SMILES string of the molecule is COc1cccc2c1[C@H]1C(c3ccccc3)=C[C@@]1(C(=O)c1ccccc1)C(=O)O2. The number of allylic oxidation sites excluding steroid dienone is 1. The maximum absolute atomic E-state index is 13.6. The van der Waals surface area contributed by atoms with Crippen LogP contribution in [0.2, 0.25) is 0 Å². The van der Waals surface area contributed by atoms with Crippen molar-refractivity contribution in [3.05, 3.63) is 102 Å². The first-order chi connectivity index (χ1) is 14.2. The highest BCUT2D eigenvalue weighted by atomic mass is 16.5. The van der Waals surface area contributed by atoms with E-state index in [1.807, 2.05) is 42.5 Å². The highest BCUT2D eigenvalue weighted by Gasteiger charge is 2.63. The highest BCUT2D eigenvalue weighted by molar-refractivity contribution is 6.21. The summed E-state index contributed by atoms with van der Waals surface area (Å²) in [6.45, 7) is 0. The van der Waals surface area contributed by atoms with E-state index in [-0.39, 0.29) is 5.78 Å². The lowest BCUT2D eigenvalue weighted by Crippen LogP contribution is -2.53. The number of hydrogen-bond acceptors (Lipinski definition) is 4. The Hall–Kier alpha value is -3.66. The second kappa shape index (κ2) is 6.45. The predicted octanol–water partition coefficient (Wildman–Crippen LogP) is 4.66. The normalized spacial score (nSPS) is 21.8. The van der Waals surface area contributed by atoms with Gasteiger partial charge in [0.15, 0.2) is 11.2 Å². The number of benzene rings is 3. The van der Waals surface area contributed by atoms with E-state index in [0.29, 0.717) is 17.1 Å². The molecular formula is C25H18O4. The van der Waals surface area contributed by atoms with Crippen molar-refractivity contribution in [2.75, 3.05) is 7.11 Å². The molecule has 4 nitrogen and oxygen atoms in total. The number of carbonyl (C=O) groups excluding carboxylic acids is 2. The highest BCUT2D eigenvalue weighted by Crippen LogP contribution is 2.63. The topological polar surface area (TPSA) is 52.6 Å². The van der Waals surface area contributed by atoms with Crippen LogP contribution in [0, 0.1) is 5.41 Å². The lowest BCUT2D eigenvalue weighted by atomic mass is 9.54. The maximum Gasteiger partial charge on any atom is 0.330 e. The number of esters is 1. The molecule has 1 heterocycles. The molecule has 0 radical (unpaired) electrons. The summed E-state index contributed by atoms with van der Waals surface area (Å²) >= 11 is 0. The average molecular weight is 382 g/mol. The van der Waals surface area contributed by atoms with Gasteiger partial charge in [-0.2, -0.15) is 0 Å². The molecule has 3 aromatic rings. The van der Waals surface area contributed by atoms with Crippen molar-refractivity contribution in [1.29, 1.82) is 0 Å². The van der Waals surface area contributed by atoms with Gasteiger partial charge in [0.25, 0.3) is 0 Å². The lowest BCUT2D eigenvalue weighted by molar-refractivity contribution is -0.143. The van der Waals surface area contributed by atoms with Crippen LogP contribution in [-0.2, 0) is 4.79 Å². The fraction of sp³-hybridized carbons (Fsp3) is 0.120. The third kappa shape index (κ3) is 2.39. The Kier molecular flexibility index (Phi) is 3.88. The summed E-state index contributed by atoms with van der Waals surface area (Å²) in [7, 11) is 1.58. The first-order valence-electron chi connectivity index (χ1n) is 9.44. The fourth-order valence-corrected chi connectivity index (χ4v) is 4.38. The van der Waals surface area contributed by atoms with Gasteiger partial charge in [-0.25, -0.2) is 0 Å². The van der Waals surface area contributed by atoms with Gasteiger partial charge in [-0.3, -0.25) is 9.59 Å². The Morgan fingerprint density at radius 1 is 0.931 bits per heavy atom. The van der Waals surface area contributed by atoms with Crippen LogP contribution in [-0.4, -0.2) is 18.9 Å². The summed E-state index contributed by atoms with van der Waals surface area (Å²) in [4.78, 5) is 26.8. The molecule has 2 aliphatic rings. The number of carbonyl (C=O) groups is 2. The van der Waals surface area contributed by atoms with Crippen molar-refractivity contribution in [2.45, 2.75) is 5.92 Å². The van der Waals surface area contributed by atoms with E-state index in [9.17, 15) is 9.59 Å². The smallest absolute Gasteiger partial charge is 0.330 e. The molecule has 142 valence electrons. The van der Waals surface area contributed by atoms with Crippen LogP contribution in [0.3, 0.4) is 0 Å². The summed E-state index contributed by atoms with van der Waals surface area (Å²) in [6.07, 6.45) is 1.76. The fourth-order valence-electron chi connectivity index (χ4n) is 4.38. The zero-order valence-electron chi connectivity index (χ0n) is 15.8. The molecule has 0 saturated heterocycles. The second-order valence-corrected chi connectivity index (χ2v) is 7.22. The van der Waals surface area contributed by atoms with E-state index in [4.69, 9.17) is 9.47 Å². The Morgan fingerprint density at radius 2 is 1.62 bits per heavy atom. The van der Waals surface area contributed by atoms with Gasteiger partial charge < -0.3 is 9.47 Å². The molecule has 4 heteroatoms. The quantitative estimate of drug-likeness (QED) is 0.285. The minimum Gasteiger partial charge on any atom is -0.496 e. The number of fused-ring (bicyclic) bond motifs is 3. The Morgan fingerprint density at radius 3 is 2.31 bits per heavy atom. The predicted molar refractivity (Wildman–Crippen MR) is 109 cm³/mol. The Labute approximate surface area is 168 Å². The van der Waals surface area contributed by atoms with Crippen molar-refractivity contribution >= 4 is 17.3 Å². The van der Waals surface area contributed by atoms with Crippen LogP contribution in [0.25, 0.3) is 5.57 Å². The standard InChI is InChI=1S/C25H18O4/c1-28-19-13-8-14-20-21(19)22-18(16-9-4-2-5-10-16)15-25(22,24(27)29-20)23(26)17-11-6-3-7-12-17/h2-15,22H,1H3/t22-,25-/m1/s1. The summed E-state index contributed by atoms with van der Waals surface area (Å²) in [5, 5.41) is 0. The maximum atomic E-state index is 13.6. The summed E-state index contributed by atoms with van der Waals surface area (Å²) in [5.41, 5.74) is 1.72. The van der Waals surface area contributed by atoms with Crippen molar-refractivity contribution < 1.29 is 19.1 Å². The Bertz CT molecular complexity index is 1150. The first-order valence-corrected chi connectivity index (χ1v) is 9.44. The van der Waals surface area contributed by atoms with Gasteiger partial charge in [-0.15, -0.1) is 0 Å². The van der Waals surface area contributed by atoms with Crippen LogP contribution in [0.1, 0.15) is 27.4 Å². The average Bonchev–Trinajstić information content (AvgIpc) is 2.75. The molecule has 29 heavy (non-hydrogen) atoms. The van der Waals surface area contributed by atoms with Crippen LogP contribution < -0.4 is 9.47 Å².